The maximum atomic E-state index is 12.6. The lowest BCUT2D eigenvalue weighted by Gasteiger charge is -2.09. The zero-order chi connectivity index (χ0) is 20.8. The van der Waals surface area contributed by atoms with E-state index in [1.54, 1.807) is 36.4 Å². The fourth-order valence-corrected chi connectivity index (χ4v) is 2.61. The van der Waals surface area contributed by atoms with Crippen molar-refractivity contribution in [1.29, 1.82) is 0 Å². The standard InChI is InChI=1S/C22H20N4O3/c1-14-6-8-17(9-7-14)25-22(29)20-12-16(10-11-23-20)21(28)26-19-5-3-4-18(13-19)24-15(2)27/h3-13H,1-2H3,(H,24,27)(H,25,29)(H,26,28). The molecule has 3 aromatic rings. The normalized spacial score (nSPS) is 10.1. The minimum absolute atomic E-state index is 0.130. The number of pyridine rings is 1. The van der Waals surface area contributed by atoms with Gasteiger partial charge in [-0.15, -0.1) is 0 Å². The van der Waals surface area contributed by atoms with Gasteiger partial charge in [-0.25, -0.2) is 0 Å². The zero-order valence-corrected chi connectivity index (χ0v) is 16.0. The SMILES string of the molecule is CC(=O)Nc1cccc(NC(=O)c2ccnc(C(=O)Nc3ccc(C)cc3)c2)c1. The molecule has 1 aromatic heterocycles. The number of nitrogens with one attached hydrogen (secondary N) is 3. The number of aromatic nitrogens is 1. The highest BCUT2D eigenvalue weighted by atomic mass is 16.2. The number of hydrogen-bond donors (Lipinski definition) is 3. The molecule has 0 saturated heterocycles. The summed E-state index contributed by atoms with van der Waals surface area (Å²) < 4.78 is 0. The van der Waals surface area contributed by atoms with Crippen LogP contribution in [0.2, 0.25) is 0 Å². The molecule has 0 aliphatic rings. The third-order valence-corrected chi connectivity index (χ3v) is 4.01. The summed E-state index contributed by atoms with van der Waals surface area (Å²) in [4.78, 5) is 40.2. The summed E-state index contributed by atoms with van der Waals surface area (Å²) in [5.41, 5.74) is 3.24. The summed E-state index contributed by atoms with van der Waals surface area (Å²) in [5.74, 6) is -1.00. The molecule has 7 nitrogen and oxygen atoms in total. The van der Waals surface area contributed by atoms with Crippen LogP contribution in [0.25, 0.3) is 0 Å². The Balaban J connectivity index is 1.71. The largest absolute Gasteiger partial charge is 0.326 e. The van der Waals surface area contributed by atoms with Gasteiger partial charge in [0.05, 0.1) is 0 Å². The molecule has 0 atom stereocenters. The van der Waals surface area contributed by atoms with Crippen molar-refractivity contribution in [2.24, 2.45) is 0 Å². The Hall–Kier alpha value is -4.00. The van der Waals surface area contributed by atoms with E-state index in [9.17, 15) is 14.4 Å². The van der Waals surface area contributed by atoms with Crippen LogP contribution in [0.4, 0.5) is 17.1 Å². The lowest BCUT2D eigenvalue weighted by Crippen LogP contribution is -2.17. The molecule has 0 unspecified atom stereocenters. The Morgan fingerprint density at radius 1 is 0.759 bits per heavy atom. The quantitative estimate of drug-likeness (QED) is 0.618. The summed E-state index contributed by atoms with van der Waals surface area (Å²) >= 11 is 0. The van der Waals surface area contributed by atoms with Crippen molar-refractivity contribution in [1.82, 2.24) is 4.98 Å². The van der Waals surface area contributed by atoms with Gasteiger partial charge in [0, 0.05) is 35.7 Å². The maximum absolute atomic E-state index is 12.6. The molecule has 0 fully saturated rings. The van der Waals surface area contributed by atoms with Crippen LogP contribution in [0.3, 0.4) is 0 Å². The van der Waals surface area contributed by atoms with E-state index >= 15 is 0 Å². The van der Waals surface area contributed by atoms with E-state index in [2.05, 4.69) is 20.9 Å². The number of anilines is 3. The maximum Gasteiger partial charge on any atom is 0.274 e. The Morgan fingerprint density at radius 3 is 2.10 bits per heavy atom. The van der Waals surface area contributed by atoms with Gasteiger partial charge in [-0.2, -0.15) is 0 Å². The van der Waals surface area contributed by atoms with Crippen molar-refractivity contribution >= 4 is 34.8 Å². The first kappa shape index (κ1) is 19.8. The van der Waals surface area contributed by atoms with E-state index < -0.39 is 11.8 Å². The van der Waals surface area contributed by atoms with E-state index in [1.807, 2.05) is 19.1 Å². The lowest BCUT2D eigenvalue weighted by molar-refractivity contribution is -0.114. The van der Waals surface area contributed by atoms with Gasteiger partial charge in [0.15, 0.2) is 0 Å². The van der Waals surface area contributed by atoms with Gasteiger partial charge in [-0.3, -0.25) is 19.4 Å². The van der Waals surface area contributed by atoms with E-state index in [1.165, 1.54) is 25.3 Å². The molecule has 3 N–H and O–H groups in total. The Morgan fingerprint density at radius 2 is 1.41 bits per heavy atom. The van der Waals surface area contributed by atoms with E-state index in [4.69, 9.17) is 0 Å². The molecule has 0 radical (unpaired) electrons. The van der Waals surface area contributed by atoms with E-state index in [0.29, 0.717) is 22.6 Å². The van der Waals surface area contributed by atoms with Gasteiger partial charge < -0.3 is 16.0 Å². The van der Waals surface area contributed by atoms with Gasteiger partial charge in [-0.1, -0.05) is 23.8 Å². The summed E-state index contributed by atoms with van der Waals surface area (Å²) in [7, 11) is 0. The topological polar surface area (TPSA) is 100 Å². The molecule has 29 heavy (non-hydrogen) atoms. The fraction of sp³-hybridized carbons (Fsp3) is 0.0909. The molecular formula is C22H20N4O3. The number of hydrogen-bond acceptors (Lipinski definition) is 4. The predicted molar refractivity (Wildman–Crippen MR) is 112 cm³/mol. The van der Waals surface area contributed by atoms with Gasteiger partial charge in [-0.05, 0) is 49.4 Å². The molecule has 3 amide bonds. The van der Waals surface area contributed by atoms with Crippen LogP contribution in [-0.2, 0) is 4.79 Å². The van der Waals surface area contributed by atoms with Crippen LogP contribution in [0.15, 0.2) is 66.9 Å². The molecule has 0 spiro atoms. The number of rotatable bonds is 5. The number of amides is 3. The highest BCUT2D eigenvalue weighted by Crippen LogP contribution is 2.17. The molecule has 0 bridgehead atoms. The van der Waals surface area contributed by atoms with Crippen molar-refractivity contribution in [2.75, 3.05) is 16.0 Å². The smallest absolute Gasteiger partial charge is 0.274 e. The fourth-order valence-electron chi connectivity index (χ4n) is 2.61. The Kier molecular flexibility index (Phi) is 5.99. The number of aryl methyl sites for hydroxylation is 1. The second-order valence-corrected chi connectivity index (χ2v) is 6.47. The van der Waals surface area contributed by atoms with Crippen LogP contribution in [0, 0.1) is 6.92 Å². The van der Waals surface area contributed by atoms with E-state index in [-0.39, 0.29) is 11.6 Å². The first-order chi connectivity index (χ1) is 13.9. The van der Waals surface area contributed by atoms with Crippen molar-refractivity contribution in [2.45, 2.75) is 13.8 Å². The molecule has 0 saturated carbocycles. The number of carbonyl (C=O) groups is 3. The van der Waals surface area contributed by atoms with Crippen molar-refractivity contribution in [3.63, 3.8) is 0 Å². The second-order valence-electron chi connectivity index (χ2n) is 6.47. The zero-order valence-electron chi connectivity index (χ0n) is 16.0. The van der Waals surface area contributed by atoms with Crippen molar-refractivity contribution in [3.8, 4) is 0 Å². The highest BCUT2D eigenvalue weighted by molar-refractivity contribution is 6.08. The summed E-state index contributed by atoms with van der Waals surface area (Å²) in [6.07, 6.45) is 1.41. The third kappa shape index (κ3) is 5.49. The van der Waals surface area contributed by atoms with Gasteiger partial charge >= 0.3 is 0 Å². The first-order valence-electron chi connectivity index (χ1n) is 8.94. The van der Waals surface area contributed by atoms with Crippen LogP contribution >= 0.6 is 0 Å². The van der Waals surface area contributed by atoms with Crippen LogP contribution in [0.5, 0.6) is 0 Å². The van der Waals surface area contributed by atoms with Crippen LogP contribution < -0.4 is 16.0 Å². The first-order valence-corrected chi connectivity index (χ1v) is 8.94. The molecule has 0 aliphatic heterocycles. The molecule has 1 heterocycles. The summed E-state index contributed by atoms with van der Waals surface area (Å²) in [5, 5.41) is 8.15. The number of carbonyl (C=O) groups excluding carboxylic acids is 3. The Labute approximate surface area is 168 Å². The minimum Gasteiger partial charge on any atom is -0.326 e. The van der Waals surface area contributed by atoms with Crippen molar-refractivity contribution in [3.05, 3.63) is 83.7 Å². The summed E-state index contributed by atoms with van der Waals surface area (Å²) in [6.45, 7) is 3.37. The van der Waals surface area contributed by atoms with Gasteiger partial charge in [0.25, 0.3) is 11.8 Å². The van der Waals surface area contributed by atoms with Crippen molar-refractivity contribution < 1.29 is 14.4 Å². The average Bonchev–Trinajstić information content (AvgIpc) is 2.69. The Bertz CT molecular complexity index is 1060. The van der Waals surface area contributed by atoms with Gasteiger partial charge in [0.1, 0.15) is 5.69 Å². The van der Waals surface area contributed by atoms with Crippen LogP contribution in [-0.4, -0.2) is 22.7 Å². The monoisotopic (exact) mass is 388 g/mol. The molecule has 2 aromatic carbocycles. The number of nitrogens with zero attached hydrogens (tertiary/aromatic N) is 1. The minimum atomic E-state index is -0.406. The predicted octanol–water partition coefficient (Wildman–Crippen LogP) is 3.85. The van der Waals surface area contributed by atoms with Gasteiger partial charge in [0.2, 0.25) is 5.91 Å². The third-order valence-electron chi connectivity index (χ3n) is 4.01. The summed E-state index contributed by atoms with van der Waals surface area (Å²) in [6, 6.07) is 17.1. The van der Waals surface area contributed by atoms with E-state index in [0.717, 1.165) is 5.56 Å². The lowest BCUT2D eigenvalue weighted by atomic mass is 10.2. The molecule has 146 valence electrons. The molecular weight excluding hydrogens is 368 g/mol. The number of benzene rings is 2. The van der Waals surface area contributed by atoms with Crippen LogP contribution in [0.1, 0.15) is 33.3 Å². The molecule has 3 rings (SSSR count). The highest BCUT2D eigenvalue weighted by Gasteiger charge is 2.13. The molecule has 0 aliphatic carbocycles. The average molecular weight is 388 g/mol. The molecule has 7 heteroatoms. The second kappa shape index (κ2) is 8.79.